The topological polar surface area (TPSA) is 81.5 Å². The first-order valence-electron chi connectivity index (χ1n) is 16.4. The SMILES string of the molecule is CC(=O)N1CCC(n2cc3c(n2)CCC(c2ccc(C(OCc4c(F)cccc4F)(C(F)(F)F)C(F)(F)F)cc2)(S(=O)(=O)c2ccc(F)cc2)C3)CC1. The van der Waals surface area contributed by atoms with E-state index in [1.165, 1.54) is 6.92 Å². The van der Waals surface area contributed by atoms with Gasteiger partial charge in [-0.2, -0.15) is 31.4 Å². The maximum absolute atomic E-state index is 14.6. The number of hydrogen-bond acceptors (Lipinski definition) is 5. The average molecular weight is 774 g/mol. The molecule has 0 bridgehead atoms. The van der Waals surface area contributed by atoms with Gasteiger partial charge in [-0.15, -0.1) is 0 Å². The number of hydrogen-bond donors (Lipinski definition) is 0. The second-order valence-corrected chi connectivity index (χ2v) is 15.4. The van der Waals surface area contributed by atoms with Crippen molar-refractivity contribution >= 4 is 15.7 Å². The Labute approximate surface area is 298 Å². The van der Waals surface area contributed by atoms with Crippen LogP contribution < -0.4 is 0 Å². The number of amides is 1. The van der Waals surface area contributed by atoms with E-state index in [4.69, 9.17) is 0 Å². The second kappa shape index (κ2) is 13.8. The molecule has 7 nitrogen and oxygen atoms in total. The van der Waals surface area contributed by atoms with Gasteiger partial charge in [0.05, 0.1) is 23.2 Å². The number of ether oxygens (including phenoxy) is 1. The van der Waals surface area contributed by atoms with Crippen LogP contribution in [-0.4, -0.2) is 54.4 Å². The zero-order valence-corrected chi connectivity index (χ0v) is 28.8. The van der Waals surface area contributed by atoms with Crippen molar-refractivity contribution in [1.82, 2.24) is 14.7 Å². The Morgan fingerprint density at radius 2 is 1.47 bits per heavy atom. The minimum Gasteiger partial charge on any atom is -0.349 e. The van der Waals surface area contributed by atoms with Crippen LogP contribution in [0.1, 0.15) is 60.2 Å². The highest BCUT2D eigenvalue weighted by atomic mass is 32.2. The molecule has 284 valence electrons. The van der Waals surface area contributed by atoms with Crippen LogP contribution in [0.5, 0.6) is 0 Å². The molecule has 1 atom stereocenters. The fourth-order valence-corrected chi connectivity index (χ4v) is 9.35. The largest absolute Gasteiger partial charge is 0.430 e. The molecule has 53 heavy (non-hydrogen) atoms. The Morgan fingerprint density at radius 3 is 2.02 bits per heavy atom. The molecule has 1 fully saturated rings. The first-order chi connectivity index (χ1) is 24.8. The Balaban J connectivity index is 1.43. The number of alkyl halides is 6. The lowest BCUT2D eigenvalue weighted by Crippen LogP contribution is -2.56. The Hall–Kier alpha value is -4.38. The van der Waals surface area contributed by atoms with Gasteiger partial charge >= 0.3 is 12.4 Å². The number of benzene rings is 3. The van der Waals surface area contributed by atoms with Crippen molar-refractivity contribution < 1.29 is 57.5 Å². The number of sulfone groups is 1. The van der Waals surface area contributed by atoms with Crippen LogP contribution in [-0.2, 0) is 49.2 Å². The zero-order chi connectivity index (χ0) is 38.6. The van der Waals surface area contributed by atoms with Crippen molar-refractivity contribution in [3.05, 3.63) is 118 Å². The van der Waals surface area contributed by atoms with Gasteiger partial charge < -0.3 is 9.64 Å². The first kappa shape index (κ1) is 38.3. The number of rotatable bonds is 8. The number of aryl methyl sites for hydroxylation is 1. The molecule has 2 heterocycles. The minimum atomic E-state index is -6.21. The Morgan fingerprint density at radius 1 is 0.887 bits per heavy atom. The van der Waals surface area contributed by atoms with E-state index >= 15 is 0 Å². The molecule has 1 saturated heterocycles. The molecular weight excluding hydrogens is 741 g/mol. The number of carbonyl (C=O) groups is 1. The van der Waals surface area contributed by atoms with Crippen molar-refractivity contribution in [2.75, 3.05) is 13.1 Å². The van der Waals surface area contributed by atoms with Crippen molar-refractivity contribution in [3.63, 3.8) is 0 Å². The van der Waals surface area contributed by atoms with Crippen LogP contribution in [0.3, 0.4) is 0 Å². The highest BCUT2D eigenvalue weighted by Crippen LogP contribution is 2.54. The van der Waals surface area contributed by atoms with Crippen molar-refractivity contribution in [3.8, 4) is 0 Å². The predicted molar refractivity (Wildman–Crippen MR) is 171 cm³/mol. The third kappa shape index (κ3) is 6.70. The van der Waals surface area contributed by atoms with Crippen LogP contribution in [0.25, 0.3) is 0 Å². The van der Waals surface area contributed by atoms with E-state index in [0.29, 0.717) is 61.5 Å². The summed E-state index contributed by atoms with van der Waals surface area (Å²) in [7, 11) is -4.54. The predicted octanol–water partition coefficient (Wildman–Crippen LogP) is 7.88. The summed E-state index contributed by atoms with van der Waals surface area (Å²) in [5, 5.41) is 4.68. The number of halogens is 9. The summed E-state index contributed by atoms with van der Waals surface area (Å²) in [5.41, 5.74) is -6.85. The van der Waals surface area contributed by atoms with E-state index in [9.17, 15) is 52.7 Å². The van der Waals surface area contributed by atoms with E-state index in [2.05, 4.69) is 9.84 Å². The van der Waals surface area contributed by atoms with E-state index in [0.717, 1.165) is 42.5 Å². The maximum Gasteiger partial charge on any atom is 0.430 e. The summed E-state index contributed by atoms with van der Waals surface area (Å²) in [6, 6.07) is 8.50. The molecule has 1 amide bonds. The van der Waals surface area contributed by atoms with Gasteiger partial charge in [-0.25, -0.2) is 21.6 Å². The molecule has 0 N–H and O–H groups in total. The summed E-state index contributed by atoms with van der Waals surface area (Å²) in [5.74, 6) is -3.66. The number of fused-ring (bicyclic) bond motifs is 1. The molecular formula is C36H32F9N3O4S. The van der Waals surface area contributed by atoms with Crippen molar-refractivity contribution in [2.45, 2.75) is 79.3 Å². The smallest absolute Gasteiger partial charge is 0.349 e. The lowest BCUT2D eigenvalue weighted by atomic mass is 9.81. The third-order valence-corrected chi connectivity index (χ3v) is 12.7. The van der Waals surface area contributed by atoms with E-state index in [-0.39, 0.29) is 41.7 Å². The Bertz CT molecular complexity index is 2060. The zero-order valence-electron chi connectivity index (χ0n) is 27.9. The van der Waals surface area contributed by atoms with Gasteiger partial charge in [0, 0.05) is 37.3 Å². The molecule has 0 saturated carbocycles. The lowest BCUT2D eigenvalue weighted by molar-refractivity contribution is -0.392. The van der Waals surface area contributed by atoms with Gasteiger partial charge in [0.2, 0.25) is 5.91 Å². The molecule has 0 spiro atoms. The molecule has 2 aliphatic rings. The monoisotopic (exact) mass is 773 g/mol. The molecule has 1 unspecified atom stereocenters. The van der Waals surface area contributed by atoms with Crippen LogP contribution in [0.15, 0.2) is 77.8 Å². The van der Waals surface area contributed by atoms with Gasteiger partial charge in [-0.1, -0.05) is 30.3 Å². The molecule has 17 heteroatoms. The maximum atomic E-state index is 14.6. The van der Waals surface area contributed by atoms with Crippen molar-refractivity contribution in [2.24, 2.45) is 0 Å². The van der Waals surface area contributed by atoms with Crippen LogP contribution in [0.4, 0.5) is 39.5 Å². The molecule has 1 aliphatic carbocycles. The average Bonchev–Trinajstić information content (AvgIpc) is 3.52. The van der Waals surface area contributed by atoms with Crippen LogP contribution >= 0.6 is 0 Å². The van der Waals surface area contributed by atoms with Gasteiger partial charge in [0.15, 0.2) is 9.84 Å². The molecule has 1 aromatic heterocycles. The van der Waals surface area contributed by atoms with Gasteiger partial charge in [-0.3, -0.25) is 9.48 Å². The van der Waals surface area contributed by atoms with Gasteiger partial charge in [0.25, 0.3) is 5.60 Å². The summed E-state index contributed by atoms with van der Waals surface area (Å²) in [6.07, 6.45) is -10.0. The molecule has 1 aliphatic heterocycles. The molecule has 3 aromatic carbocycles. The normalized spacial score (nSPS) is 18.9. The summed E-state index contributed by atoms with van der Waals surface area (Å²) in [6.45, 7) is 0.682. The van der Waals surface area contributed by atoms with Crippen LogP contribution in [0, 0.1) is 17.5 Å². The summed E-state index contributed by atoms with van der Waals surface area (Å²) in [4.78, 5) is 13.2. The van der Waals surface area contributed by atoms with Gasteiger partial charge in [0.1, 0.15) is 22.2 Å². The van der Waals surface area contributed by atoms with E-state index in [1.807, 2.05) is 0 Å². The number of nitrogens with zero attached hydrogens (tertiary/aromatic N) is 3. The number of aromatic nitrogens is 2. The van der Waals surface area contributed by atoms with E-state index in [1.54, 1.807) is 15.8 Å². The number of likely N-dealkylation sites (tertiary alicyclic amines) is 1. The lowest BCUT2D eigenvalue weighted by Gasteiger charge is -2.39. The third-order valence-electron chi connectivity index (χ3n) is 10.2. The van der Waals surface area contributed by atoms with E-state index < -0.39 is 67.7 Å². The molecule has 0 radical (unpaired) electrons. The molecule has 4 aromatic rings. The quantitative estimate of drug-likeness (QED) is 0.135. The highest BCUT2D eigenvalue weighted by Gasteiger charge is 2.73. The standard InChI is InChI=1S/C36H32F9N3O4S/c1-22(49)47-17-14-27(15-18-47)48-20-23-19-33(16-13-32(23)46-48,53(50,51)28-11-9-26(37)10-12-28)24-5-7-25(8-6-24)34(35(40,41)42,36(43,44)45)52-21-29-30(38)3-2-4-31(29)39/h2-12,20,27H,13-19,21H2,1H3. The summed E-state index contributed by atoms with van der Waals surface area (Å²) < 4.78 is 163. The first-order valence-corrected chi connectivity index (χ1v) is 17.9. The Kier molecular flexibility index (Phi) is 9.98. The number of carbonyl (C=O) groups excluding carboxylic acids is 1. The van der Waals surface area contributed by atoms with Gasteiger partial charge in [-0.05, 0) is 79.6 Å². The minimum absolute atomic E-state index is 0.0587. The molecule has 6 rings (SSSR count). The van der Waals surface area contributed by atoms with Crippen LogP contribution in [0.2, 0.25) is 0 Å². The highest BCUT2D eigenvalue weighted by molar-refractivity contribution is 7.92. The van der Waals surface area contributed by atoms with Crippen molar-refractivity contribution in [1.29, 1.82) is 0 Å². The number of piperidine rings is 1. The summed E-state index contributed by atoms with van der Waals surface area (Å²) >= 11 is 0. The second-order valence-electron chi connectivity index (χ2n) is 13.2. The fourth-order valence-electron chi connectivity index (χ4n) is 7.24. The fraction of sp³-hybridized carbons (Fsp3) is 0.389.